The predicted molar refractivity (Wildman–Crippen MR) is 89.2 cm³/mol. The van der Waals surface area contributed by atoms with E-state index in [1.165, 1.54) is 12.3 Å². The number of nitrogens with zero attached hydrogens (tertiary/aromatic N) is 1. The van der Waals surface area contributed by atoms with Gasteiger partial charge in [-0.1, -0.05) is 24.3 Å². The summed E-state index contributed by atoms with van der Waals surface area (Å²) in [5, 5.41) is 5.62. The van der Waals surface area contributed by atoms with Gasteiger partial charge in [0.05, 0.1) is 0 Å². The van der Waals surface area contributed by atoms with Gasteiger partial charge in [0.2, 0.25) is 0 Å². The highest BCUT2D eigenvalue weighted by Crippen LogP contribution is 2.07. The second-order valence-electron chi connectivity index (χ2n) is 5.67. The Hall–Kier alpha value is -2.69. The minimum Gasteiger partial charge on any atom is -0.349 e. The summed E-state index contributed by atoms with van der Waals surface area (Å²) in [7, 11) is 0. The van der Waals surface area contributed by atoms with Gasteiger partial charge in [0, 0.05) is 24.3 Å². The molecule has 5 nitrogen and oxygen atoms in total. The molecule has 0 aliphatic rings. The molecule has 120 valence electrons. The lowest BCUT2D eigenvalue weighted by molar-refractivity contribution is 0.0938. The summed E-state index contributed by atoms with van der Waals surface area (Å²) in [6.45, 7) is 6.19. The van der Waals surface area contributed by atoms with Crippen LogP contribution in [0.3, 0.4) is 0 Å². The molecule has 0 unspecified atom stereocenters. The lowest BCUT2D eigenvalue weighted by Crippen LogP contribution is -2.31. The summed E-state index contributed by atoms with van der Waals surface area (Å²) in [4.78, 5) is 28.2. The number of carbonyl (C=O) groups excluding carboxylic acids is 2. The van der Waals surface area contributed by atoms with Crippen LogP contribution in [0, 0.1) is 6.92 Å². The molecule has 1 aromatic heterocycles. The van der Waals surface area contributed by atoms with Gasteiger partial charge in [-0.3, -0.25) is 14.6 Å². The van der Waals surface area contributed by atoms with Crippen LogP contribution < -0.4 is 10.6 Å². The van der Waals surface area contributed by atoms with E-state index in [1.54, 1.807) is 6.07 Å². The van der Waals surface area contributed by atoms with Crippen molar-refractivity contribution in [3.05, 3.63) is 65.0 Å². The van der Waals surface area contributed by atoms with Crippen LogP contribution in [0.25, 0.3) is 0 Å². The van der Waals surface area contributed by atoms with Gasteiger partial charge in [-0.2, -0.15) is 0 Å². The standard InChI is InChI=1S/C18H21N3O2/c1-12(2)21-18(23)16-10-14(8-9-19-16)17(22)20-11-15-7-5-4-6-13(15)3/h4-10,12H,11H2,1-3H3,(H,20,22)(H,21,23). The molecule has 0 aliphatic heterocycles. The summed E-state index contributed by atoms with van der Waals surface area (Å²) in [5.41, 5.74) is 2.84. The molecule has 1 heterocycles. The van der Waals surface area contributed by atoms with E-state index in [0.29, 0.717) is 12.1 Å². The molecule has 0 saturated carbocycles. The zero-order valence-electron chi connectivity index (χ0n) is 13.6. The molecule has 0 atom stereocenters. The number of aromatic nitrogens is 1. The van der Waals surface area contributed by atoms with Crippen LogP contribution >= 0.6 is 0 Å². The second-order valence-corrected chi connectivity index (χ2v) is 5.67. The maximum Gasteiger partial charge on any atom is 0.270 e. The lowest BCUT2D eigenvalue weighted by atomic mass is 10.1. The van der Waals surface area contributed by atoms with Crippen molar-refractivity contribution in [1.82, 2.24) is 15.6 Å². The van der Waals surface area contributed by atoms with Gasteiger partial charge in [-0.05, 0) is 44.0 Å². The van der Waals surface area contributed by atoms with E-state index in [0.717, 1.165) is 11.1 Å². The molecule has 0 saturated heterocycles. The fourth-order valence-corrected chi connectivity index (χ4v) is 2.12. The number of benzene rings is 1. The van der Waals surface area contributed by atoms with Gasteiger partial charge in [0.1, 0.15) is 5.69 Å². The van der Waals surface area contributed by atoms with E-state index in [2.05, 4.69) is 15.6 Å². The van der Waals surface area contributed by atoms with Crippen LogP contribution in [-0.2, 0) is 6.54 Å². The van der Waals surface area contributed by atoms with Crippen molar-refractivity contribution >= 4 is 11.8 Å². The molecule has 0 fully saturated rings. The van der Waals surface area contributed by atoms with Crippen molar-refractivity contribution in [3.8, 4) is 0 Å². The Balaban J connectivity index is 2.05. The van der Waals surface area contributed by atoms with Gasteiger partial charge in [0.15, 0.2) is 0 Å². The molecular weight excluding hydrogens is 290 g/mol. The lowest BCUT2D eigenvalue weighted by Gasteiger charge is -2.10. The smallest absolute Gasteiger partial charge is 0.270 e. The van der Waals surface area contributed by atoms with Crippen LogP contribution in [-0.4, -0.2) is 22.8 Å². The number of amides is 2. The van der Waals surface area contributed by atoms with E-state index in [9.17, 15) is 9.59 Å². The molecule has 5 heteroatoms. The first-order chi connectivity index (χ1) is 11.0. The quantitative estimate of drug-likeness (QED) is 0.891. The van der Waals surface area contributed by atoms with E-state index >= 15 is 0 Å². The van der Waals surface area contributed by atoms with Gasteiger partial charge in [0.25, 0.3) is 11.8 Å². The minimum absolute atomic E-state index is 0.0165. The number of pyridine rings is 1. The fraction of sp³-hybridized carbons (Fsp3) is 0.278. The number of hydrogen-bond acceptors (Lipinski definition) is 3. The normalized spacial score (nSPS) is 10.4. The highest BCUT2D eigenvalue weighted by molar-refractivity contribution is 5.98. The Morgan fingerprint density at radius 2 is 1.87 bits per heavy atom. The zero-order chi connectivity index (χ0) is 16.8. The average Bonchev–Trinajstić information content (AvgIpc) is 2.53. The van der Waals surface area contributed by atoms with Crippen molar-refractivity contribution in [2.75, 3.05) is 0 Å². The average molecular weight is 311 g/mol. The SMILES string of the molecule is Cc1ccccc1CNC(=O)c1ccnc(C(=O)NC(C)C)c1. The number of aryl methyl sites for hydroxylation is 1. The van der Waals surface area contributed by atoms with Gasteiger partial charge in [-0.15, -0.1) is 0 Å². The van der Waals surface area contributed by atoms with Gasteiger partial charge >= 0.3 is 0 Å². The summed E-state index contributed by atoms with van der Waals surface area (Å²) in [6.07, 6.45) is 1.47. The maximum absolute atomic E-state index is 12.3. The molecule has 23 heavy (non-hydrogen) atoms. The highest BCUT2D eigenvalue weighted by Gasteiger charge is 2.12. The summed E-state index contributed by atoms with van der Waals surface area (Å²) < 4.78 is 0. The highest BCUT2D eigenvalue weighted by atomic mass is 16.2. The Morgan fingerprint density at radius 1 is 1.13 bits per heavy atom. The molecule has 2 aromatic rings. The Bertz CT molecular complexity index is 711. The van der Waals surface area contributed by atoms with E-state index in [4.69, 9.17) is 0 Å². The van der Waals surface area contributed by atoms with Gasteiger partial charge in [-0.25, -0.2) is 0 Å². The van der Waals surface area contributed by atoms with Crippen molar-refractivity contribution in [2.45, 2.75) is 33.4 Å². The molecular formula is C18H21N3O2. The second kappa shape index (κ2) is 7.54. The first kappa shape index (κ1) is 16.7. The Morgan fingerprint density at radius 3 is 2.57 bits per heavy atom. The van der Waals surface area contributed by atoms with Crippen molar-refractivity contribution in [1.29, 1.82) is 0 Å². The van der Waals surface area contributed by atoms with Gasteiger partial charge < -0.3 is 10.6 Å². The van der Waals surface area contributed by atoms with Crippen LogP contribution in [0.2, 0.25) is 0 Å². The molecule has 0 aliphatic carbocycles. The summed E-state index contributed by atoms with van der Waals surface area (Å²) >= 11 is 0. The number of carbonyl (C=O) groups is 2. The molecule has 2 amide bonds. The Kier molecular flexibility index (Phi) is 5.46. The van der Waals surface area contributed by atoms with Crippen LogP contribution in [0.15, 0.2) is 42.6 Å². The molecule has 2 N–H and O–H groups in total. The van der Waals surface area contributed by atoms with Crippen molar-refractivity contribution in [2.24, 2.45) is 0 Å². The first-order valence-corrected chi connectivity index (χ1v) is 7.57. The molecule has 0 radical (unpaired) electrons. The largest absolute Gasteiger partial charge is 0.349 e. The molecule has 1 aromatic carbocycles. The summed E-state index contributed by atoms with van der Waals surface area (Å²) in [5.74, 6) is -0.511. The van der Waals surface area contributed by atoms with E-state index in [-0.39, 0.29) is 23.6 Å². The molecule has 0 spiro atoms. The third kappa shape index (κ3) is 4.64. The third-order valence-electron chi connectivity index (χ3n) is 3.38. The van der Waals surface area contributed by atoms with Crippen molar-refractivity contribution in [3.63, 3.8) is 0 Å². The number of nitrogens with one attached hydrogen (secondary N) is 2. The topological polar surface area (TPSA) is 71.1 Å². The Labute approximate surface area is 136 Å². The third-order valence-corrected chi connectivity index (χ3v) is 3.38. The zero-order valence-corrected chi connectivity index (χ0v) is 13.6. The minimum atomic E-state index is -0.284. The first-order valence-electron chi connectivity index (χ1n) is 7.57. The van der Waals surface area contributed by atoms with E-state index in [1.807, 2.05) is 45.0 Å². The van der Waals surface area contributed by atoms with E-state index < -0.39 is 0 Å². The predicted octanol–water partition coefficient (Wildman–Crippen LogP) is 2.46. The number of rotatable bonds is 5. The molecule has 0 bridgehead atoms. The van der Waals surface area contributed by atoms with Crippen LogP contribution in [0.1, 0.15) is 45.8 Å². The van der Waals surface area contributed by atoms with Crippen molar-refractivity contribution < 1.29 is 9.59 Å². The monoisotopic (exact) mass is 311 g/mol. The maximum atomic E-state index is 12.3. The fourth-order valence-electron chi connectivity index (χ4n) is 2.12. The van der Waals surface area contributed by atoms with Crippen LogP contribution in [0.4, 0.5) is 0 Å². The van der Waals surface area contributed by atoms with Crippen LogP contribution in [0.5, 0.6) is 0 Å². The molecule has 2 rings (SSSR count). The summed E-state index contributed by atoms with van der Waals surface area (Å²) in [6, 6.07) is 11.0. The number of hydrogen-bond donors (Lipinski definition) is 2.